The zero-order valence-electron chi connectivity index (χ0n) is 21.6. The summed E-state index contributed by atoms with van der Waals surface area (Å²) >= 11 is 0. The van der Waals surface area contributed by atoms with Crippen LogP contribution in [0.2, 0.25) is 0 Å². The number of aliphatic hydroxyl groups is 1. The Morgan fingerprint density at radius 1 is 1.22 bits per heavy atom. The first-order chi connectivity index (χ1) is 17.9. The highest BCUT2D eigenvalue weighted by Gasteiger charge is 2.79. The van der Waals surface area contributed by atoms with Crippen molar-refractivity contribution in [2.45, 2.75) is 62.8 Å². The predicted octanol–water partition coefficient (Wildman–Crippen LogP) is 2.86. The van der Waals surface area contributed by atoms with Crippen molar-refractivity contribution in [3.05, 3.63) is 61.2 Å². The molecule has 3 heterocycles. The predicted molar refractivity (Wildman–Crippen MR) is 138 cm³/mol. The number of amides is 2. The van der Waals surface area contributed by atoms with E-state index in [0.717, 1.165) is 5.56 Å². The third-order valence-corrected chi connectivity index (χ3v) is 8.20. The Morgan fingerprint density at radius 3 is 2.62 bits per heavy atom. The molecular formula is C29H38N2O6. The van der Waals surface area contributed by atoms with Gasteiger partial charge in [0.15, 0.2) is 0 Å². The van der Waals surface area contributed by atoms with Crippen LogP contribution >= 0.6 is 0 Å². The Balaban J connectivity index is 1.74. The van der Waals surface area contributed by atoms with Gasteiger partial charge in [-0.3, -0.25) is 14.4 Å². The minimum atomic E-state index is -1.10. The Labute approximate surface area is 218 Å². The van der Waals surface area contributed by atoms with E-state index in [9.17, 15) is 19.5 Å². The normalized spacial score (nSPS) is 29.7. The number of esters is 1. The average Bonchev–Trinajstić information content (AvgIpc) is 3.51. The smallest absolute Gasteiger partial charge is 0.313 e. The van der Waals surface area contributed by atoms with Gasteiger partial charge < -0.3 is 24.4 Å². The van der Waals surface area contributed by atoms with Crippen LogP contribution in [-0.2, 0) is 30.4 Å². The number of hydrogen-bond acceptors (Lipinski definition) is 6. The van der Waals surface area contributed by atoms with Crippen LogP contribution < -0.4 is 0 Å². The van der Waals surface area contributed by atoms with Crippen molar-refractivity contribution in [3.8, 4) is 0 Å². The third kappa shape index (κ3) is 4.61. The number of aliphatic hydroxyl groups excluding tert-OH is 1. The van der Waals surface area contributed by atoms with Crippen LogP contribution in [0.1, 0.15) is 44.6 Å². The van der Waals surface area contributed by atoms with E-state index in [2.05, 4.69) is 13.2 Å². The van der Waals surface area contributed by atoms with Crippen LogP contribution in [-0.4, -0.2) is 76.2 Å². The lowest BCUT2D eigenvalue weighted by atomic mass is 9.65. The van der Waals surface area contributed by atoms with E-state index in [-0.39, 0.29) is 25.0 Å². The highest BCUT2D eigenvalue weighted by molar-refractivity contribution is 5.98. The fourth-order valence-corrected chi connectivity index (χ4v) is 6.59. The molecule has 1 aromatic rings. The second-order valence-electron chi connectivity index (χ2n) is 10.2. The van der Waals surface area contributed by atoms with E-state index < -0.39 is 35.0 Å². The first-order valence-electron chi connectivity index (χ1n) is 13.2. The molecule has 2 unspecified atom stereocenters. The largest absolute Gasteiger partial charge is 0.461 e. The van der Waals surface area contributed by atoms with Crippen LogP contribution in [0.3, 0.4) is 0 Å². The van der Waals surface area contributed by atoms with Crippen molar-refractivity contribution < 1.29 is 29.0 Å². The van der Waals surface area contributed by atoms with E-state index in [0.29, 0.717) is 51.7 Å². The number of carbonyl (C=O) groups is 3. The van der Waals surface area contributed by atoms with E-state index in [1.165, 1.54) is 6.08 Å². The van der Waals surface area contributed by atoms with E-state index in [4.69, 9.17) is 9.47 Å². The summed E-state index contributed by atoms with van der Waals surface area (Å²) in [5, 5.41) is 9.35. The molecule has 0 saturated carbocycles. The molecule has 3 aliphatic heterocycles. The van der Waals surface area contributed by atoms with Gasteiger partial charge in [-0.1, -0.05) is 56.0 Å². The number of rotatable bonds is 13. The number of hydrogen-bond donors (Lipinski definition) is 1. The number of unbranched alkanes of at least 4 members (excludes halogenated alkanes) is 1. The van der Waals surface area contributed by atoms with E-state index in [1.807, 2.05) is 37.3 Å². The first-order valence-corrected chi connectivity index (χ1v) is 13.2. The molecule has 3 aliphatic rings. The number of nitrogens with zero attached hydrogens (tertiary/aromatic N) is 2. The summed E-state index contributed by atoms with van der Waals surface area (Å²) in [7, 11) is 0. The Hall–Kier alpha value is -2.97. The van der Waals surface area contributed by atoms with Crippen molar-refractivity contribution in [2.24, 2.45) is 11.8 Å². The van der Waals surface area contributed by atoms with Crippen molar-refractivity contribution >= 4 is 17.8 Å². The number of ether oxygens (including phenoxy) is 2. The van der Waals surface area contributed by atoms with Crippen LogP contribution in [0.15, 0.2) is 55.6 Å². The van der Waals surface area contributed by atoms with Crippen LogP contribution in [0.25, 0.3) is 0 Å². The summed E-state index contributed by atoms with van der Waals surface area (Å²) < 4.78 is 12.2. The quantitative estimate of drug-likeness (QED) is 0.249. The number of carbonyl (C=O) groups excluding carboxylic acids is 3. The van der Waals surface area contributed by atoms with E-state index >= 15 is 0 Å². The topological polar surface area (TPSA) is 96.4 Å². The molecule has 1 spiro atoms. The summed E-state index contributed by atoms with van der Waals surface area (Å²) in [6, 6.07) is 8.82. The van der Waals surface area contributed by atoms with Crippen molar-refractivity contribution in [2.75, 3.05) is 26.3 Å². The van der Waals surface area contributed by atoms with Gasteiger partial charge in [-0.05, 0) is 37.7 Å². The molecular weight excluding hydrogens is 472 g/mol. The minimum absolute atomic E-state index is 0.00222. The van der Waals surface area contributed by atoms with Gasteiger partial charge in [-0.2, -0.15) is 0 Å². The Morgan fingerprint density at radius 2 is 1.97 bits per heavy atom. The fourth-order valence-electron chi connectivity index (χ4n) is 6.59. The number of fused-ring (bicyclic) bond motifs is 1. The Bertz CT molecular complexity index is 1030. The molecule has 3 fully saturated rings. The molecule has 4 rings (SSSR count). The van der Waals surface area contributed by atoms with E-state index in [1.54, 1.807) is 15.9 Å². The second kappa shape index (κ2) is 11.2. The first kappa shape index (κ1) is 27.1. The highest BCUT2D eigenvalue weighted by atomic mass is 16.6. The van der Waals surface area contributed by atoms with Gasteiger partial charge in [0.25, 0.3) is 0 Å². The fraction of sp³-hybridized carbons (Fsp3) is 0.552. The van der Waals surface area contributed by atoms with Crippen molar-refractivity contribution in [1.82, 2.24) is 9.80 Å². The summed E-state index contributed by atoms with van der Waals surface area (Å²) in [6.07, 6.45) is 5.86. The lowest BCUT2D eigenvalue weighted by molar-refractivity contribution is -0.161. The molecule has 0 radical (unpaired) electrons. The molecule has 2 amide bonds. The third-order valence-electron chi connectivity index (χ3n) is 8.20. The van der Waals surface area contributed by atoms with Gasteiger partial charge in [0.05, 0.1) is 11.5 Å². The molecule has 1 aromatic carbocycles. The molecule has 200 valence electrons. The second-order valence-corrected chi connectivity index (χ2v) is 10.2. The molecule has 1 N–H and O–H groups in total. The van der Waals surface area contributed by atoms with Crippen LogP contribution in [0.4, 0.5) is 0 Å². The van der Waals surface area contributed by atoms with Gasteiger partial charge in [0.1, 0.15) is 24.2 Å². The summed E-state index contributed by atoms with van der Waals surface area (Å²) in [5.74, 6) is -2.50. The molecule has 3 saturated heterocycles. The number of benzene rings is 1. The maximum Gasteiger partial charge on any atom is 0.313 e. The summed E-state index contributed by atoms with van der Waals surface area (Å²) in [6.45, 7) is 10.5. The molecule has 8 nitrogen and oxygen atoms in total. The highest BCUT2D eigenvalue weighted by Crippen LogP contribution is 2.64. The standard InChI is InChI=1S/C29H38N2O6/c1-4-16-30(20-21-12-8-7-9-13-21)26(34)24-29-15-14-28(6-3,37-29)23(27(35)36-19-5-2)22(29)25(33)31(24)17-10-11-18-32/h4-5,7-9,12-13,22-24,32H,1-2,6,10-11,14-20H2,3H3/t22-,23+,24?,28-,29?/m0/s1. The van der Waals surface area contributed by atoms with Gasteiger partial charge in [-0.15, -0.1) is 6.58 Å². The maximum atomic E-state index is 14.3. The van der Waals surface area contributed by atoms with Crippen molar-refractivity contribution in [3.63, 3.8) is 0 Å². The molecule has 5 atom stereocenters. The van der Waals surface area contributed by atoms with Crippen LogP contribution in [0, 0.1) is 11.8 Å². The molecule has 0 aliphatic carbocycles. The zero-order valence-corrected chi connectivity index (χ0v) is 21.6. The molecule has 2 bridgehead atoms. The number of likely N-dealkylation sites (tertiary alicyclic amines) is 1. The molecule has 37 heavy (non-hydrogen) atoms. The zero-order chi connectivity index (χ0) is 26.6. The summed E-state index contributed by atoms with van der Waals surface area (Å²) in [5.41, 5.74) is -0.968. The van der Waals surface area contributed by atoms with Crippen LogP contribution in [0.5, 0.6) is 0 Å². The van der Waals surface area contributed by atoms with Gasteiger partial charge in [0.2, 0.25) is 11.8 Å². The van der Waals surface area contributed by atoms with Crippen molar-refractivity contribution in [1.29, 1.82) is 0 Å². The summed E-state index contributed by atoms with van der Waals surface area (Å²) in [4.78, 5) is 45.0. The van der Waals surface area contributed by atoms with Gasteiger partial charge >= 0.3 is 5.97 Å². The monoisotopic (exact) mass is 510 g/mol. The minimum Gasteiger partial charge on any atom is -0.461 e. The lowest BCUT2D eigenvalue weighted by Gasteiger charge is -2.37. The van der Waals surface area contributed by atoms with Gasteiger partial charge in [0, 0.05) is 26.2 Å². The molecule has 0 aromatic heterocycles. The lowest BCUT2D eigenvalue weighted by Crippen LogP contribution is -2.56. The maximum absolute atomic E-state index is 14.3. The SMILES string of the molecule is C=CCOC(=O)[C@H]1[C@H]2C(=O)N(CCCCO)C(C(=O)N(CC=C)Cc3ccccc3)C23CC[C@]1(CC)O3. The Kier molecular flexibility index (Phi) is 8.19. The average molecular weight is 511 g/mol. The van der Waals surface area contributed by atoms with Gasteiger partial charge in [-0.25, -0.2) is 0 Å². The molecule has 8 heteroatoms.